The number of hydrogen-bond acceptors (Lipinski definition) is 4. The van der Waals surface area contributed by atoms with Crippen molar-refractivity contribution in [2.24, 2.45) is 20.5 Å². The number of hydrogen-bond donors (Lipinski definition) is 0. The summed E-state index contributed by atoms with van der Waals surface area (Å²) in [6, 6.07) is 0.307. The highest BCUT2D eigenvalue weighted by molar-refractivity contribution is 5.25. The van der Waals surface area contributed by atoms with E-state index in [0.717, 1.165) is 17.9 Å². The Kier molecular flexibility index (Phi) is 2.47. The zero-order valence-corrected chi connectivity index (χ0v) is 7.90. The summed E-state index contributed by atoms with van der Waals surface area (Å²) in [7, 11) is 0. The van der Waals surface area contributed by atoms with E-state index in [4.69, 9.17) is 0 Å². The molecule has 0 aliphatic carbocycles. The minimum Gasteiger partial charge on any atom is -0.179 e. The van der Waals surface area contributed by atoms with Crippen molar-refractivity contribution in [2.75, 3.05) is 0 Å². The second-order valence-electron chi connectivity index (χ2n) is 3.49. The lowest BCUT2D eigenvalue weighted by atomic mass is 10.0. The van der Waals surface area contributed by atoms with Crippen LogP contribution in [0.1, 0.15) is 39.0 Å². The summed E-state index contributed by atoms with van der Waals surface area (Å²) in [6.45, 7) is 2.22. The first-order valence-electron chi connectivity index (χ1n) is 4.98. The van der Waals surface area contributed by atoms with Crippen LogP contribution in [-0.2, 0) is 0 Å². The minimum absolute atomic E-state index is 0.307. The van der Waals surface area contributed by atoms with Crippen LogP contribution in [0.25, 0.3) is 0 Å². The maximum atomic E-state index is 4.06. The SMILES string of the molecule is CCCCCCC1N=NC1=C1N=N1. The number of rotatable bonds is 5. The molecular weight excluding hydrogens is 164 g/mol. The van der Waals surface area contributed by atoms with Gasteiger partial charge in [-0.2, -0.15) is 10.2 Å². The Bertz CT molecular complexity index is 269. The zero-order chi connectivity index (χ0) is 9.10. The Labute approximate surface area is 77.9 Å². The molecule has 0 N–H and O–H groups in total. The van der Waals surface area contributed by atoms with Crippen molar-refractivity contribution in [1.82, 2.24) is 0 Å². The van der Waals surface area contributed by atoms with Crippen molar-refractivity contribution in [3.8, 4) is 0 Å². The highest BCUT2D eigenvalue weighted by atomic mass is 15.4. The topological polar surface area (TPSA) is 49.4 Å². The molecule has 2 aliphatic rings. The van der Waals surface area contributed by atoms with Gasteiger partial charge in [0.2, 0.25) is 5.82 Å². The van der Waals surface area contributed by atoms with E-state index in [2.05, 4.69) is 27.4 Å². The monoisotopic (exact) mass is 178 g/mol. The van der Waals surface area contributed by atoms with Crippen LogP contribution in [0.2, 0.25) is 0 Å². The first kappa shape index (κ1) is 8.53. The molecule has 13 heavy (non-hydrogen) atoms. The molecule has 1 unspecified atom stereocenters. The summed E-state index contributed by atoms with van der Waals surface area (Å²) in [4.78, 5) is 0. The molecule has 0 fully saturated rings. The van der Waals surface area contributed by atoms with Crippen LogP contribution in [0.5, 0.6) is 0 Å². The van der Waals surface area contributed by atoms with E-state index >= 15 is 0 Å². The number of nitrogens with zero attached hydrogens (tertiary/aromatic N) is 4. The lowest BCUT2D eigenvalue weighted by Gasteiger charge is -2.16. The molecule has 0 aromatic rings. The van der Waals surface area contributed by atoms with Crippen LogP contribution < -0.4 is 0 Å². The van der Waals surface area contributed by atoms with Crippen molar-refractivity contribution in [3.63, 3.8) is 0 Å². The van der Waals surface area contributed by atoms with Crippen LogP contribution in [0.15, 0.2) is 32.0 Å². The predicted octanol–water partition coefficient (Wildman–Crippen LogP) is 3.43. The minimum atomic E-state index is 0.307. The van der Waals surface area contributed by atoms with Gasteiger partial charge in [-0.25, -0.2) is 0 Å². The molecule has 0 spiro atoms. The lowest BCUT2D eigenvalue weighted by molar-refractivity contribution is 0.525. The molecule has 0 saturated heterocycles. The average Bonchev–Trinajstić information content (AvgIpc) is 2.86. The van der Waals surface area contributed by atoms with Crippen LogP contribution in [0, 0.1) is 0 Å². The van der Waals surface area contributed by atoms with E-state index in [0.29, 0.717) is 6.04 Å². The van der Waals surface area contributed by atoms with E-state index in [1.165, 1.54) is 25.7 Å². The Morgan fingerprint density at radius 1 is 1.08 bits per heavy atom. The van der Waals surface area contributed by atoms with Gasteiger partial charge in [0.15, 0.2) is 0 Å². The fourth-order valence-corrected chi connectivity index (χ4v) is 1.48. The first-order chi connectivity index (χ1) is 6.42. The van der Waals surface area contributed by atoms with Crippen molar-refractivity contribution < 1.29 is 0 Å². The van der Waals surface area contributed by atoms with Gasteiger partial charge in [-0.3, -0.25) is 0 Å². The largest absolute Gasteiger partial charge is 0.221 e. The quantitative estimate of drug-likeness (QED) is 0.579. The van der Waals surface area contributed by atoms with Gasteiger partial charge in [0, 0.05) is 0 Å². The molecule has 2 heterocycles. The Hall–Kier alpha value is -1.06. The summed E-state index contributed by atoms with van der Waals surface area (Å²) >= 11 is 0. The molecule has 4 heteroatoms. The van der Waals surface area contributed by atoms with Gasteiger partial charge in [-0.05, 0) is 6.42 Å². The molecule has 0 aromatic heterocycles. The lowest BCUT2D eigenvalue weighted by Crippen LogP contribution is -2.14. The molecule has 0 amide bonds. The summed E-state index contributed by atoms with van der Waals surface area (Å²) in [6.07, 6.45) is 6.27. The van der Waals surface area contributed by atoms with Gasteiger partial charge in [-0.15, -0.1) is 10.2 Å². The van der Waals surface area contributed by atoms with Crippen molar-refractivity contribution in [3.05, 3.63) is 11.5 Å². The van der Waals surface area contributed by atoms with Gasteiger partial charge >= 0.3 is 0 Å². The second kappa shape index (κ2) is 3.77. The van der Waals surface area contributed by atoms with E-state index in [1.54, 1.807) is 0 Å². The molecule has 0 aromatic carbocycles. The standard InChI is InChI=1S/C9H14N4/c1-2-3-4-5-6-7-8(11-10-7)9-12-13-9/h7H,2-6H2,1H3. The molecule has 2 aliphatic heterocycles. The summed E-state index contributed by atoms with van der Waals surface area (Å²) in [5.74, 6) is 0.829. The molecule has 0 bridgehead atoms. The van der Waals surface area contributed by atoms with E-state index < -0.39 is 0 Å². The highest BCUT2D eigenvalue weighted by Gasteiger charge is 2.28. The molecule has 1 atom stereocenters. The van der Waals surface area contributed by atoms with Gasteiger partial charge in [-0.1, -0.05) is 32.6 Å². The third-order valence-electron chi connectivity index (χ3n) is 2.38. The number of unbranched alkanes of at least 4 members (excludes halogenated alkanes) is 3. The Balaban J connectivity index is 1.67. The molecule has 0 radical (unpaired) electrons. The van der Waals surface area contributed by atoms with Crippen molar-refractivity contribution in [1.29, 1.82) is 0 Å². The highest BCUT2D eigenvalue weighted by Crippen LogP contribution is 2.33. The maximum absolute atomic E-state index is 4.06. The van der Waals surface area contributed by atoms with Crippen LogP contribution in [0.4, 0.5) is 0 Å². The zero-order valence-electron chi connectivity index (χ0n) is 7.90. The van der Waals surface area contributed by atoms with Crippen LogP contribution in [-0.4, -0.2) is 6.04 Å². The van der Waals surface area contributed by atoms with Gasteiger partial charge in [0.1, 0.15) is 11.7 Å². The molecule has 2 rings (SSSR count). The molecule has 0 saturated carbocycles. The van der Waals surface area contributed by atoms with E-state index in [1.807, 2.05) is 0 Å². The third-order valence-corrected chi connectivity index (χ3v) is 2.38. The number of azo groups is 1. The van der Waals surface area contributed by atoms with E-state index in [-0.39, 0.29) is 0 Å². The summed E-state index contributed by atoms with van der Waals surface area (Å²) in [5, 5.41) is 15.5. The molecular formula is C9H14N4. The van der Waals surface area contributed by atoms with E-state index in [9.17, 15) is 0 Å². The summed E-state index contributed by atoms with van der Waals surface area (Å²) in [5.41, 5.74) is 1.01. The van der Waals surface area contributed by atoms with Crippen molar-refractivity contribution >= 4 is 0 Å². The second-order valence-corrected chi connectivity index (χ2v) is 3.49. The Morgan fingerprint density at radius 2 is 1.92 bits per heavy atom. The summed E-state index contributed by atoms with van der Waals surface area (Å²) < 4.78 is 0. The van der Waals surface area contributed by atoms with Crippen LogP contribution in [0.3, 0.4) is 0 Å². The fourth-order valence-electron chi connectivity index (χ4n) is 1.48. The third kappa shape index (κ3) is 1.99. The fraction of sp³-hybridized carbons (Fsp3) is 0.778. The Morgan fingerprint density at radius 3 is 2.46 bits per heavy atom. The van der Waals surface area contributed by atoms with Gasteiger partial charge in [0.05, 0.1) is 0 Å². The van der Waals surface area contributed by atoms with Gasteiger partial charge < -0.3 is 0 Å². The van der Waals surface area contributed by atoms with Gasteiger partial charge in [0.25, 0.3) is 0 Å². The predicted molar refractivity (Wildman–Crippen MR) is 49.3 cm³/mol. The van der Waals surface area contributed by atoms with Crippen molar-refractivity contribution in [2.45, 2.75) is 45.1 Å². The molecule has 4 nitrogen and oxygen atoms in total. The first-order valence-corrected chi connectivity index (χ1v) is 4.98. The van der Waals surface area contributed by atoms with Crippen LogP contribution >= 0.6 is 0 Å². The average molecular weight is 178 g/mol. The molecule has 70 valence electrons. The maximum Gasteiger partial charge on any atom is 0.221 e. The smallest absolute Gasteiger partial charge is 0.179 e. The normalized spacial score (nSPS) is 23.6.